The smallest absolute Gasteiger partial charge is 0.419 e. The van der Waals surface area contributed by atoms with E-state index in [2.05, 4.69) is 45.0 Å². The van der Waals surface area contributed by atoms with Crippen molar-refractivity contribution >= 4 is 41.7 Å². The number of benzene rings is 3. The summed E-state index contributed by atoms with van der Waals surface area (Å²) < 4.78 is 14.2. The zero-order chi connectivity index (χ0) is 27.7. The van der Waals surface area contributed by atoms with Gasteiger partial charge in [0.05, 0.1) is 23.4 Å². The highest BCUT2D eigenvalue weighted by atomic mass is 28.4. The molecule has 1 heterocycles. The molecule has 3 aromatic carbocycles. The second kappa shape index (κ2) is 10.2. The number of carboxylic acid groups (broad SMARTS) is 1. The molecule has 198 valence electrons. The Kier molecular flexibility index (Phi) is 7.37. The molecule has 0 amide bonds. The molecule has 0 spiro atoms. The van der Waals surface area contributed by atoms with E-state index < -0.39 is 26.0 Å². The minimum absolute atomic E-state index is 0.0975. The van der Waals surface area contributed by atoms with Gasteiger partial charge in [-0.3, -0.25) is 0 Å². The van der Waals surface area contributed by atoms with Crippen LogP contribution in [0.4, 0.5) is 4.79 Å². The fraction of sp³-hybridized carbons (Fsp3) is 0.290. The number of carbonyl (C=O) groups is 2. The lowest BCUT2D eigenvalue weighted by Gasteiger charge is -2.43. The number of carboxylic acids is 1. The summed E-state index contributed by atoms with van der Waals surface area (Å²) in [5, 5.41) is 12.3. The molecule has 0 radical (unpaired) electrons. The second-order valence-electron chi connectivity index (χ2n) is 11.4. The average molecular weight is 530 g/mol. The highest BCUT2D eigenvalue weighted by Crippen LogP contribution is 2.38. The van der Waals surface area contributed by atoms with Crippen LogP contribution in [0.15, 0.2) is 84.9 Å². The Labute approximate surface area is 225 Å². The van der Waals surface area contributed by atoms with Gasteiger partial charge < -0.3 is 14.3 Å². The molecule has 0 aliphatic heterocycles. The largest absolute Gasteiger partial charge is 0.478 e. The van der Waals surface area contributed by atoms with E-state index in [0.717, 1.165) is 10.4 Å². The molecule has 0 atom stereocenters. The van der Waals surface area contributed by atoms with Crippen molar-refractivity contribution in [3.05, 3.63) is 96.2 Å². The Bertz CT molecular complexity index is 1410. The van der Waals surface area contributed by atoms with Crippen LogP contribution in [0.25, 0.3) is 10.9 Å². The van der Waals surface area contributed by atoms with Crippen molar-refractivity contribution < 1.29 is 23.9 Å². The van der Waals surface area contributed by atoms with Crippen molar-refractivity contribution in [2.45, 2.75) is 58.8 Å². The predicted molar refractivity (Wildman–Crippen MR) is 153 cm³/mol. The molecular formula is C31H35NO5Si. The van der Waals surface area contributed by atoms with Crippen LogP contribution in [0, 0.1) is 0 Å². The van der Waals surface area contributed by atoms with Crippen LogP contribution in [0.1, 0.15) is 57.6 Å². The summed E-state index contributed by atoms with van der Waals surface area (Å²) in [5.74, 6) is -1.06. The highest BCUT2D eigenvalue weighted by molar-refractivity contribution is 6.99. The third-order valence-electron chi connectivity index (χ3n) is 6.58. The van der Waals surface area contributed by atoms with E-state index in [-0.39, 0.29) is 17.2 Å². The molecular weight excluding hydrogens is 494 g/mol. The summed E-state index contributed by atoms with van der Waals surface area (Å²) in [4.78, 5) is 25.5. The van der Waals surface area contributed by atoms with Crippen molar-refractivity contribution in [3.8, 4) is 0 Å². The topological polar surface area (TPSA) is 77.8 Å². The molecule has 7 heteroatoms. The SMILES string of the molecule is CC(C)(C)OC(=O)n1c(CO[Si](c2ccccc2)(c2ccccc2)C(C)(C)C)cc2c(C(=O)O)cccc21. The minimum atomic E-state index is -2.90. The number of hydrogen-bond donors (Lipinski definition) is 1. The molecule has 0 unspecified atom stereocenters. The van der Waals surface area contributed by atoms with Crippen molar-refractivity contribution in [2.75, 3.05) is 0 Å². The molecule has 1 aromatic heterocycles. The van der Waals surface area contributed by atoms with Gasteiger partial charge in [-0.05, 0) is 54.4 Å². The zero-order valence-electron chi connectivity index (χ0n) is 22.8. The lowest BCUT2D eigenvalue weighted by Crippen LogP contribution is -2.66. The van der Waals surface area contributed by atoms with Gasteiger partial charge in [0.25, 0.3) is 8.32 Å². The van der Waals surface area contributed by atoms with Gasteiger partial charge in [-0.1, -0.05) is 87.5 Å². The van der Waals surface area contributed by atoms with Crippen molar-refractivity contribution in [3.63, 3.8) is 0 Å². The van der Waals surface area contributed by atoms with E-state index in [1.165, 1.54) is 10.6 Å². The lowest BCUT2D eigenvalue weighted by molar-refractivity contribution is 0.0533. The van der Waals surface area contributed by atoms with E-state index in [0.29, 0.717) is 16.6 Å². The van der Waals surface area contributed by atoms with Crippen molar-refractivity contribution in [1.82, 2.24) is 4.57 Å². The molecule has 0 fully saturated rings. The average Bonchev–Trinajstić information content (AvgIpc) is 3.22. The maximum atomic E-state index is 13.4. The summed E-state index contributed by atoms with van der Waals surface area (Å²) in [6, 6.07) is 27.1. The first-order valence-corrected chi connectivity index (χ1v) is 14.6. The number of carbonyl (C=O) groups excluding carboxylic acids is 1. The second-order valence-corrected chi connectivity index (χ2v) is 15.8. The fourth-order valence-electron chi connectivity index (χ4n) is 5.05. The quantitative estimate of drug-likeness (QED) is 0.301. The first-order valence-electron chi connectivity index (χ1n) is 12.7. The first-order chi connectivity index (χ1) is 17.8. The zero-order valence-corrected chi connectivity index (χ0v) is 23.8. The fourth-order valence-corrected chi connectivity index (χ4v) is 9.57. The van der Waals surface area contributed by atoms with Gasteiger partial charge in [-0.2, -0.15) is 0 Å². The van der Waals surface area contributed by atoms with Gasteiger partial charge in [-0.15, -0.1) is 0 Å². The summed E-state index contributed by atoms with van der Waals surface area (Å²) in [6.07, 6.45) is -0.573. The maximum Gasteiger partial charge on any atom is 0.419 e. The summed E-state index contributed by atoms with van der Waals surface area (Å²) in [7, 11) is -2.90. The highest BCUT2D eigenvalue weighted by Gasteiger charge is 2.50. The molecule has 4 rings (SSSR count). The number of ether oxygens (including phenoxy) is 1. The van der Waals surface area contributed by atoms with Crippen LogP contribution in [0.5, 0.6) is 0 Å². The number of fused-ring (bicyclic) bond motifs is 1. The molecule has 0 aliphatic carbocycles. The van der Waals surface area contributed by atoms with Crippen LogP contribution >= 0.6 is 0 Å². The van der Waals surface area contributed by atoms with Crippen LogP contribution in [0.2, 0.25) is 5.04 Å². The Morgan fingerprint density at radius 2 is 1.37 bits per heavy atom. The van der Waals surface area contributed by atoms with Gasteiger partial charge in [0.15, 0.2) is 0 Å². The summed E-state index contributed by atoms with van der Waals surface area (Å²) >= 11 is 0. The van der Waals surface area contributed by atoms with Crippen LogP contribution in [-0.4, -0.2) is 35.7 Å². The molecule has 1 N–H and O–H groups in total. The van der Waals surface area contributed by atoms with Gasteiger partial charge >= 0.3 is 12.1 Å². The van der Waals surface area contributed by atoms with Crippen molar-refractivity contribution in [2.24, 2.45) is 0 Å². The standard InChI is InChI=1S/C31H35NO5Si/c1-30(2,3)37-29(35)32-22(20-26-25(28(33)34)18-13-19-27(26)32)21-36-38(31(4,5)6,23-14-9-7-10-15-23)24-16-11-8-12-17-24/h7-20H,21H2,1-6H3,(H,33,34). The number of aromatic carboxylic acids is 1. The van der Waals surface area contributed by atoms with E-state index >= 15 is 0 Å². The van der Waals surface area contributed by atoms with Crippen LogP contribution in [-0.2, 0) is 15.8 Å². The van der Waals surface area contributed by atoms with Gasteiger partial charge in [0.1, 0.15) is 5.60 Å². The van der Waals surface area contributed by atoms with E-state index in [1.807, 2.05) is 36.4 Å². The van der Waals surface area contributed by atoms with Gasteiger partial charge in [0, 0.05) is 5.39 Å². The molecule has 6 nitrogen and oxygen atoms in total. The molecule has 4 aromatic rings. The molecule has 38 heavy (non-hydrogen) atoms. The Balaban J connectivity index is 1.91. The van der Waals surface area contributed by atoms with Crippen LogP contribution < -0.4 is 10.4 Å². The number of hydrogen-bond acceptors (Lipinski definition) is 4. The normalized spacial score (nSPS) is 12.5. The third-order valence-corrected chi connectivity index (χ3v) is 11.6. The minimum Gasteiger partial charge on any atom is -0.478 e. The van der Waals surface area contributed by atoms with Crippen LogP contribution in [0.3, 0.4) is 0 Å². The summed E-state index contributed by atoms with van der Waals surface area (Å²) in [6.45, 7) is 12.1. The molecule has 0 saturated heterocycles. The summed E-state index contributed by atoms with van der Waals surface area (Å²) in [5.41, 5.74) is 0.404. The number of aromatic nitrogens is 1. The molecule has 0 saturated carbocycles. The third kappa shape index (κ3) is 5.17. The Morgan fingerprint density at radius 1 is 0.816 bits per heavy atom. The monoisotopic (exact) mass is 529 g/mol. The molecule has 0 aliphatic rings. The number of rotatable bonds is 6. The Hall–Kier alpha value is -3.68. The molecule has 0 bridgehead atoms. The maximum absolute atomic E-state index is 13.4. The van der Waals surface area contributed by atoms with Crippen molar-refractivity contribution in [1.29, 1.82) is 0 Å². The number of nitrogens with zero attached hydrogens (tertiary/aromatic N) is 1. The van der Waals surface area contributed by atoms with Gasteiger partial charge in [0.2, 0.25) is 0 Å². The van der Waals surface area contributed by atoms with E-state index in [9.17, 15) is 14.7 Å². The van der Waals surface area contributed by atoms with E-state index in [4.69, 9.17) is 9.16 Å². The lowest BCUT2D eigenvalue weighted by atomic mass is 10.1. The Morgan fingerprint density at radius 3 is 1.84 bits per heavy atom. The van der Waals surface area contributed by atoms with Gasteiger partial charge in [-0.25, -0.2) is 14.2 Å². The van der Waals surface area contributed by atoms with E-state index in [1.54, 1.807) is 39.0 Å². The predicted octanol–water partition coefficient (Wildman–Crippen LogP) is 6.20. The first kappa shape index (κ1) is 27.4.